The number of hydrogen-bond donors (Lipinski definition) is 1. The Kier molecular flexibility index (Phi) is 4.43. The van der Waals surface area contributed by atoms with E-state index in [0.717, 1.165) is 5.69 Å². The number of hydrogen-bond acceptors (Lipinski definition) is 3. The van der Waals surface area contributed by atoms with E-state index in [4.69, 9.17) is 0 Å². The van der Waals surface area contributed by atoms with Crippen LogP contribution in [0.25, 0.3) is 0 Å². The van der Waals surface area contributed by atoms with Gasteiger partial charge in [0, 0.05) is 26.7 Å². The Bertz CT molecular complexity index is 819. The smallest absolute Gasteiger partial charge is 0.315 e. The van der Waals surface area contributed by atoms with Crippen molar-refractivity contribution < 1.29 is 14.0 Å². The lowest BCUT2D eigenvalue weighted by atomic mass is 10.2. The van der Waals surface area contributed by atoms with E-state index >= 15 is 0 Å². The molecule has 7 nitrogen and oxygen atoms in total. The Morgan fingerprint density at radius 1 is 1.40 bits per heavy atom. The average molecular weight is 345 g/mol. The molecule has 0 aliphatic carbocycles. The van der Waals surface area contributed by atoms with Crippen LogP contribution in [0.15, 0.2) is 30.3 Å². The Labute approximate surface area is 145 Å². The van der Waals surface area contributed by atoms with Crippen LogP contribution < -0.4 is 10.2 Å². The maximum absolute atomic E-state index is 13.9. The number of halogens is 1. The van der Waals surface area contributed by atoms with Crippen molar-refractivity contribution >= 4 is 23.4 Å². The highest BCUT2D eigenvalue weighted by molar-refractivity contribution is 6.02. The molecule has 0 radical (unpaired) electrons. The second kappa shape index (κ2) is 6.54. The molecule has 1 aromatic carbocycles. The van der Waals surface area contributed by atoms with Gasteiger partial charge in [0.05, 0.1) is 11.4 Å². The van der Waals surface area contributed by atoms with E-state index in [2.05, 4.69) is 10.4 Å². The number of amides is 3. The molecule has 1 N–H and O–H groups in total. The van der Waals surface area contributed by atoms with E-state index < -0.39 is 17.9 Å². The number of nitrogens with one attached hydrogen (secondary N) is 1. The third kappa shape index (κ3) is 3.19. The van der Waals surface area contributed by atoms with Gasteiger partial charge >= 0.3 is 6.03 Å². The Morgan fingerprint density at radius 3 is 2.76 bits per heavy atom. The fraction of sp³-hybridized carbons (Fsp3) is 0.353. The molecule has 8 heteroatoms. The third-order valence-electron chi connectivity index (χ3n) is 4.35. The number of carbonyl (C=O) groups is 2. The van der Waals surface area contributed by atoms with Crippen molar-refractivity contribution in [3.8, 4) is 0 Å². The highest BCUT2D eigenvalue weighted by Crippen LogP contribution is 2.26. The van der Waals surface area contributed by atoms with Gasteiger partial charge in [-0.2, -0.15) is 5.10 Å². The highest BCUT2D eigenvalue weighted by Gasteiger charge is 2.38. The molecule has 0 spiro atoms. The van der Waals surface area contributed by atoms with E-state index in [1.807, 2.05) is 6.92 Å². The molecule has 0 bridgehead atoms. The summed E-state index contributed by atoms with van der Waals surface area (Å²) in [6.07, 6.45) is 0.446. The van der Waals surface area contributed by atoms with Crippen LogP contribution in [-0.4, -0.2) is 46.3 Å². The molecule has 1 aromatic heterocycles. The van der Waals surface area contributed by atoms with Gasteiger partial charge in [0.25, 0.3) is 0 Å². The molecular weight excluding hydrogens is 325 g/mol. The van der Waals surface area contributed by atoms with Crippen LogP contribution in [0.1, 0.15) is 12.1 Å². The summed E-state index contributed by atoms with van der Waals surface area (Å²) < 4.78 is 15.5. The third-order valence-corrected chi connectivity index (χ3v) is 4.35. The van der Waals surface area contributed by atoms with Crippen molar-refractivity contribution in [3.05, 3.63) is 41.8 Å². The van der Waals surface area contributed by atoms with Gasteiger partial charge in [-0.15, -0.1) is 0 Å². The van der Waals surface area contributed by atoms with E-state index in [0.29, 0.717) is 18.8 Å². The molecule has 3 amide bonds. The molecule has 1 fully saturated rings. The molecule has 1 atom stereocenters. The predicted molar refractivity (Wildman–Crippen MR) is 91.9 cm³/mol. The van der Waals surface area contributed by atoms with Gasteiger partial charge in [-0.05, 0) is 25.5 Å². The predicted octanol–water partition coefficient (Wildman–Crippen LogP) is 2.14. The van der Waals surface area contributed by atoms with Gasteiger partial charge in [0.1, 0.15) is 17.7 Å². The lowest BCUT2D eigenvalue weighted by Crippen LogP contribution is -2.45. The van der Waals surface area contributed by atoms with Crippen molar-refractivity contribution in [2.24, 2.45) is 7.05 Å². The number of para-hydroxylation sites is 1. The first-order valence-corrected chi connectivity index (χ1v) is 7.99. The minimum atomic E-state index is -0.631. The number of aromatic nitrogens is 2. The summed E-state index contributed by atoms with van der Waals surface area (Å²) in [5.74, 6) is -0.191. The zero-order valence-corrected chi connectivity index (χ0v) is 14.4. The molecule has 1 aliphatic heterocycles. The molecule has 25 heavy (non-hydrogen) atoms. The minimum Gasteiger partial charge on any atom is -0.315 e. The van der Waals surface area contributed by atoms with Crippen LogP contribution in [0.4, 0.5) is 20.7 Å². The molecule has 3 rings (SSSR count). The van der Waals surface area contributed by atoms with Crippen LogP contribution in [0.2, 0.25) is 0 Å². The molecule has 1 aliphatic rings. The number of aryl methyl sites for hydroxylation is 2. The molecular formula is C17H20FN5O2. The number of likely N-dealkylation sites (N-methyl/N-ethyl adjacent to an activating group) is 1. The fourth-order valence-electron chi connectivity index (χ4n) is 3.00. The number of carbonyl (C=O) groups excluding carboxylic acids is 2. The van der Waals surface area contributed by atoms with Gasteiger partial charge in [0.15, 0.2) is 0 Å². The summed E-state index contributed by atoms with van der Waals surface area (Å²) in [4.78, 5) is 27.8. The molecule has 0 saturated carbocycles. The van der Waals surface area contributed by atoms with Crippen molar-refractivity contribution in [1.82, 2.24) is 14.7 Å². The maximum Gasteiger partial charge on any atom is 0.323 e. The molecule has 2 aromatic rings. The van der Waals surface area contributed by atoms with Crippen LogP contribution in [0.5, 0.6) is 0 Å². The molecule has 1 saturated heterocycles. The second-order valence-corrected chi connectivity index (χ2v) is 6.08. The van der Waals surface area contributed by atoms with Gasteiger partial charge < -0.3 is 9.80 Å². The Morgan fingerprint density at radius 2 is 2.12 bits per heavy atom. The summed E-state index contributed by atoms with van der Waals surface area (Å²) in [6, 6.07) is 6.84. The second-order valence-electron chi connectivity index (χ2n) is 6.08. The Hall–Kier alpha value is -2.90. The maximum atomic E-state index is 13.9. The number of rotatable bonds is 3. The van der Waals surface area contributed by atoms with Crippen molar-refractivity contribution in [3.63, 3.8) is 0 Å². The standard InChI is InChI=1S/C17H20FN5O2/c1-11-10-15(22(3)20-11)19-17(25)21(2)14-8-9-23(16(14)24)13-7-5-4-6-12(13)18/h4-7,10,14H,8-9H2,1-3H3,(H,19,25)/t14-/m1/s1. The minimum absolute atomic E-state index is 0.242. The lowest BCUT2D eigenvalue weighted by Gasteiger charge is -2.24. The molecule has 2 heterocycles. The van der Waals surface area contributed by atoms with Gasteiger partial charge in [-0.3, -0.25) is 14.8 Å². The van der Waals surface area contributed by atoms with Crippen LogP contribution in [0, 0.1) is 12.7 Å². The monoisotopic (exact) mass is 345 g/mol. The lowest BCUT2D eigenvalue weighted by molar-refractivity contribution is -0.120. The van der Waals surface area contributed by atoms with E-state index in [-0.39, 0.29) is 11.6 Å². The summed E-state index contributed by atoms with van der Waals surface area (Å²) in [6.45, 7) is 2.19. The Balaban J connectivity index is 1.72. The van der Waals surface area contributed by atoms with Crippen molar-refractivity contribution in [2.75, 3.05) is 23.8 Å². The van der Waals surface area contributed by atoms with Crippen molar-refractivity contribution in [1.29, 1.82) is 0 Å². The zero-order valence-electron chi connectivity index (χ0n) is 14.4. The fourth-order valence-corrected chi connectivity index (χ4v) is 3.00. The largest absolute Gasteiger partial charge is 0.323 e. The van der Waals surface area contributed by atoms with Gasteiger partial charge in [-0.25, -0.2) is 9.18 Å². The average Bonchev–Trinajstić information content (AvgIpc) is 3.09. The summed E-state index contributed by atoms with van der Waals surface area (Å²) in [7, 11) is 3.29. The summed E-state index contributed by atoms with van der Waals surface area (Å²) in [5, 5.41) is 6.90. The quantitative estimate of drug-likeness (QED) is 0.926. The van der Waals surface area contributed by atoms with E-state index in [1.54, 1.807) is 43.0 Å². The first kappa shape index (κ1) is 16.9. The molecule has 132 valence electrons. The first-order valence-electron chi connectivity index (χ1n) is 7.99. The normalized spacial score (nSPS) is 17.0. The number of urea groups is 1. The number of nitrogens with zero attached hydrogens (tertiary/aromatic N) is 4. The van der Waals surface area contributed by atoms with Crippen LogP contribution in [0.3, 0.4) is 0 Å². The van der Waals surface area contributed by atoms with Crippen LogP contribution in [-0.2, 0) is 11.8 Å². The summed E-state index contributed by atoms with van der Waals surface area (Å²) in [5.41, 5.74) is 1.02. The SMILES string of the molecule is Cc1cc(NC(=O)N(C)[C@@H]2CCN(c3ccccc3F)C2=O)n(C)n1. The zero-order chi connectivity index (χ0) is 18.1. The van der Waals surface area contributed by atoms with E-state index in [9.17, 15) is 14.0 Å². The van der Waals surface area contributed by atoms with Gasteiger partial charge in [0.2, 0.25) is 5.91 Å². The van der Waals surface area contributed by atoms with E-state index in [1.165, 1.54) is 15.9 Å². The number of benzene rings is 1. The first-order chi connectivity index (χ1) is 11.9. The molecule has 0 unspecified atom stereocenters. The number of anilines is 2. The summed E-state index contributed by atoms with van der Waals surface area (Å²) >= 11 is 0. The van der Waals surface area contributed by atoms with Crippen LogP contribution >= 0.6 is 0 Å². The highest BCUT2D eigenvalue weighted by atomic mass is 19.1. The topological polar surface area (TPSA) is 70.5 Å². The van der Waals surface area contributed by atoms with Gasteiger partial charge in [-0.1, -0.05) is 12.1 Å². The van der Waals surface area contributed by atoms with Crippen molar-refractivity contribution in [2.45, 2.75) is 19.4 Å².